The Labute approximate surface area is 153 Å². The summed E-state index contributed by atoms with van der Waals surface area (Å²) >= 11 is 0. The van der Waals surface area contributed by atoms with Crippen molar-refractivity contribution in [3.05, 3.63) is 53.2 Å². The van der Waals surface area contributed by atoms with Crippen molar-refractivity contribution >= 4 is 11.7 Å². The first-order valence-electron chi connectivity index (χ1n) is 8.77. The summed E-state index contributed by atoms with van der Waals surface area (Å²) in [4.78, 5) is 14.5. The average molecular weight is 356 g/mol. The molecule has 0 radical (unpaired) electrons. The minimum absolute atomic E-state index is 0.0167. The highest BCUT2D eigenvalue weighted by Gasteiger charge is 2.30. The SMILES string of the molecule is CCN(Cc1ccc(C(=O)Nc2ccc(C)nn2)cc1)[C@H]1COC[C@@H]1O. The predicted molar refractivity (Wildman–Crippen MR) is 97.9 cm³/mol. The molecule has 7 heteroatoms. The summed E-state index contributed by atoms with van der Waals surface area (Å²) in [5.41, 5.74) is 2.44. The third kappa shape index (κ3) is 4.43. The summed E-state index contributed by atoms with van der Waals surface area (Å²) < 4.78 is 5.35. The van der Waals surface area contributed by atoms with E-state index in [4.69, 9.17) is 4.74 Å². The zero-order valence-corrected chi connectivity index (χ0v) is 15.1. The van der Waals surface area contributed by atoms with E-state index in [-0.39, 0.29) is 11.9 Å². The van der Waals surface area contributed by atoms with Gasteiger partial charge in [-0.3, -0.25) is 9.69 Å². The first-order chi connectivity index (χ1) is 12.6. The van der Waals surface area contributed by atoms with Crippen LogP contribution < -0.4 is 5.32 Å². The molecule has 1 saturated heterocycles. The topological polar surface area (TPSA) is 87.6 Å². The molecular formula is C19H24N4O3. The molecule has 0 aliphatic carbocycles. The number of aryl methyl sites for hydroxylation is 1. The molecule has 138 valence electrons. The van der Waals surface area contributed by atoms with Crippen molar-refractivity contribution in [3.63, 3.8) is 0 Å². The Kier molecular flexibility index (Phi) is 5.92. The summed E-state index contributed by atoms with van der Waals surface area (Å²) in [6, 6.07) is 11.0. The first kappa shape index (κ1) is 18.4. The Hall–Kier alpha value is -2.35. The molecule has 3 rings (SSSR count). The van der Waals surface area contributed by atoms with Gasteiger partial charge in [0, 0.05) is 12.1 Å². The second-order valence-electron chi connectivity index (χ2n) is 6.45. The van der Waals surface area contributed by atoms with Gasteiger partial charge in [-0.05, 0) is 43.3 Å². The van der Waals surface area contributed by atoms with E-state index in [9.17, 15) is 9.90 Å². The van der Waals surface area contributed by atoms with E-state index in [0.29, 0.717) is 31.1 Å². The summed E-state index contributed by atoms with van der Waals surface area (Å²) in [5, 5.41) is 20.6. The average Bonchev–Trinajstić information content (AvgIpc) is 3.08. The highest BCUT2D eigenvalue weighted by molar-refractivity contribution is 6.03. The van der Waals surface area contributed by atoms with E-state index in [2.05, 4.69) is 27.3 Å². The van der Waals surface area contributed by atoms with Crippen LogP contribution in [0.3, 0.4) is 0 Å². The summed E-state index contributed by atoms with van der Waals surface area (Å²) in [6.45, 7) is 6.37. The lowest BCUT2D eigenvalue weighted by molar-refractivity contribution is 0.0808. The fraction of sp³-hybridized carbons (Fsp3) is 0.421. The Morgan fingerprint density at radius 2 is 2.00 bits per heavy atom. The quantitative estimate of drug-likeness (QED) is 0.818. The number of aliphatic hydroxyl groups is 1. The maximum atomic E-state index is 12.3. The molecule has 1 amide bonds. The van der Waals surface area contributed by atoms with Crippen molar-refractivity contribution in [2.45, 2.75) is 32.5 Å². The molecule has 1 aromatic carbocycles. The summed E-state index contributed by atoms with van der Waals surface area (Å²) in [5.74, 6) is 0.207. The van der Waals surface area contributed by atoms with Crippen LogP contribution in [0.2, 0.25) is 0 Å². The Morgan fingerprint density at radius 1 is 1.23 bits per heavy atom. The molecule has 1 aromatic heterocycles. The van der Waals surface area contributed by atoms with Crippen molar-refractivity contribution in [3.8, 4) is 0 Å². The predicted octanol–water partition coefficient (Wildman–Crippen LogP) is 1.62. The van der Waals surface area contributed by atoms with E-state index in [1.807, 2.05) is 19.1 Å². The van der Waals surface area contributed by atoms with E-state index >= 15 is 0 Å². The minimum atomic E-state index is -0.449. The molecule has 0 saturated carbocycles. The number of amides is 1. The first-order valence-corrected chi connectivity index (χ1v) is 8.77. The molecule has 2 aromatic rings. The van der Waals surface area contributed by atoms with E-state index < -0.39 is 6.10 Å². The molecule has 2 N–H and O–H groups in total. The van der Waals surface area contributed by atoms with Crippen LogP contribution in [0.5, 0.6) is 0 Å². The van der Waals surface area contributed by atoms with Crippen molar-refractivity contribution in [1.29, 1.82) is 0 Å². The number of rotatable bonds is 6. The molecule has 0 spiro atoms. The number of aliphatic hydroxyl groups excluding tert-OH is 1. The minimum Gasteiger partial charge on any atom is -0.389 e. The fourth-order valence-corrected chi connectivity index (χ4v) is 2.99. The molecule has 7 nitrogen and oxygen atoms in total. The smallest absolute Gasteiger partial charge is 0.256 e. The van der Waals surface area contributed by atoms with Crippen LogP contribution in [0.4, 0.5) is 5.82 Å². The molecule has 1 aliphatic rings. The van der Waals surface area contributed by atoms with Crippen LogP contribution in [-0.4, -0.2) is 58.0 Å². The molecule has 1 fully saturated rings. The number of hydrogen-bond donors (Lipinski definition) is 2. The number of carbonyl (C=O) groups is 1. The molecule has 2 heterocycles. The number of aromatic nitrogens is 2. The van der Waals surface area contributed by atoms with Crippen LogP contribution in [-0.2, 0) is 11.3 Å². The third-order valence-corrected chi connectivity index (χ3v) is 4.54. The van der Waals surface area contributed by atoms with E-state index in [1.165, 1.54) is 0 Å². The van der Waals surface area contributed by atoms with Gasteiger partial charge in [-0.2, -0.15) is 5.10 Å². The number of carbonyl (C=O) groups excluding carboxylic acids is 1. The number of nitrogens with zero attached hydrogens (tertiary/aromatic N) is 3. The summed E-state index contributed by atoms with van der Waals surface area (Å²) in [7, 11) is 0. The number of anilines is 1. The highest BCUT2D eigenvalue weighted by atomic mass is 16.5. The van der Waals surface area contributed by atoms with Crippen molar-refractivity contribution < 1.29 is 14.6 Å². The van der Waals surface area contributed by atoms with Crippen molar-refractivity contribution in [1.82, 2.24) is 15.1 Å². The Bertz CT molecular complexity index is 733. The number of hydrogen-bond acceptors (Lipinski definition) is 6. The van der Waals surface area contributed by atoms with Gasteiger partial charge < -0.3 is 15.2 Å². The highest BCUT2D eigenvalue weighted by Crippen LogP contribution is 2.17. The van der Waals surface area contributed by atoms with Crippen LogP contribution in [0.25, 0.3) is 0 Å². The lowest BCUT2D eigenvalue weighted by atomic mass is 10.1. The van der Waals surface area contributed by atoms with Gasteiger partial charge in [-0.15, -0.1) is 5.10 Å². The van der Waals surface area contributed by atoms with Gasteiger partial charge in [0.2, 0.25) is 0 Å². The van der Waals surface area contributed by atoms with Crippen LogP contribution in [0.15, 0.2) is 36.4 Å². The van der Waals surface area contributed by atoms with Crippen LogP contribution in [0, 0.1) is 6.92 Å². The van der Waals surface area contributed by atoms with Gasteiger partial charge in [0.25, 0.3) is 5.91 Å². The monoisotopic (exact) mass is 356 g/mol. The number of likely N-dealkylation sites (N-methyl/N-ethyl adjacent to an activating group) is 1. The maximum Gasteiger partial charge on any atom is 0.256 e. The zero-order chi connectivity index (χ0) is 18.5. The van der Waals surface area contributed by atoms with Crippen LogP contribution >= 0.6 is 0 Å². The van der Waals surface area contributed by atoms with Gasteiger partial charge >= 0.3 is 0 Å². The molecule has 26 heavy (non-hydrogen) atoms. The van der Waals surface area contributed by atoms with E-state index in [0.717, 1.165) is 17.8 Å². The lowest BCUT2D eigenvalue weighted by Gasteiger charge is -2.28. The maximum absolute atomic E-state index is 12.3. The Balaban J connectivity index is 1.62. The number of nitrogens with one attached hydrogen (secondary N) is 1. The van der Waals surface area contributed by atoms with Gasteiger partial charge in [0.15, 0.2) is 5.82 Å². The number of ether oxygens (including phenoxy) is 1. The summed E-state index contributed by atoms with van der Waals surface area (Å²) in [6.07, 6.45) is -0.449. The Morgan fingerprint density at radius 3 is 2.58 bits per heavy atom. The van der Waals surface area contributed by atoms with Gasteiger partial charge in [-0.1, -0.05) is 19.1 Å². The molecule has 2 atom stereocenters. The van der Waals surface area contributed by atoms with E-state index in [1.54, 1.807) is 24.3 Å². The standard InChI is InChI=1S/C19H24N4O3/c1-3-23(16-11-26-12-17(16)24)10-14-5-7-15(8-6-14)19(25)20-18-9-4-13(2)21-22-18/h4-9,16-17,24H,3,10-12H2,1-2H3,(H,20,22,25)/t16-,17-/m0/s1. The molecule has 0 bridgehead atoms. The van der Waals surface area contributed by atoms with Crippen molar-refractivity contribution in [2.75, 3.05) is 25.1 Å². The molecular weight excluding hydrogens is 332 g/mol. The van der Waals surface area contributed by atoms with Crippen LogP contribution in [0.1, 0.15) is 28.5 Å². The third-order valence-electron chi connectivity index (χ3n) is 4.54. The normalized spacial score (nSPS) is 19.7. The zero-order valence-electron chi connectivity index (χ0n) is 15.1. The lowest BCUT2D eigenvalue weighted by Crippen LogP contribution is -2.42. The molecule has 0 unspecified atom stereocenters. The second kappa shape index (κ2) is 8.35. The number of benzene rings is 1. The largest absolute Gasteiger partial charge is 0.389 e. The van der Waals surface area contributed by atoms with Gasteiger partial charge in [0.1, 0.15) is 0 Å². The molecule has 1 aliphatic heterocycles. The van der Waals surface area contributed by atoms with Gasteiger partial charge in [-0.25, -0.2) is 0 Å². The van der Waals surface area contributed by atoms with Gasteiger partial charge in [0.05, 0.1) is 31.1 Å². The fourth-order valence-electron chi connectivity index (χ4n) is 2.99. The van der Waals surface area contributed by atoms with Crippen molar-refractivity contribution in [2.24, 2.45) is 0 Å². The second-order valence-corrected chi connectivity index (χ2v) is 6.45.